The summed E-state index contributed by atoms with van der Waals surface area (Å²) in [5.41, 5.74) is 3.11. The van der Waals surface area contributed by atoms with Crippen LogP contribution in [-0.2, 0) is 16.8 Å². The molecule has 126 valence electrons. The number of hydrogen-bond acceptors (Lipinski definition) is 3. The second-order valence-electron chi connectivity index (χ2n) is 7.87. The molecule has 4 rings (SSSR count). The third kappa shape index (κ3) is 2.68. The molecule has 5 heteroatoms. The van der Waals surface area contributed by atoms with Gasteiger partial charge in [-0.3, -0.25) is 4.55 Å². The summed E-state index contributed by atoms with van der Waals surface area (Å²) >= 11 is 0. The molecule has 4 unspecified atom stereocenters. The van der Waals surface area contributed by atoms with Gasteiger partial charge in [-0.25, -0.2) is 0 Å². The number of aryl methyl sites for hydroxylation is 1. The molecule has 0 radical (unpaired) electrons. The molecule has 0 amide bonds. The van der Waals surface area contributed by atoms with Gasteiger partial charge in [0.05, 0.1) is 0 Å². The summed E-state index contributed by atoms with van der Waals surface area (Å²) in [5.74, 6) is 2.45. The number of rotatable bonds is 2. The molecule has 0 aromatic heterocycles. The van der Waals surface area contributed by atoms with Crippen LogP contribution in [0.3, 0.4) is 0 Å². The molecular formula is C18H24O4S. The van der Waals surface area contributed by atoms with E-state index in [0.29, 0.717) is 11.3 Å². The predicted octanol–water partition coefficient (Wildman–Crippen LogP) is 4.11. The van der Waals surface area contributed by atoms with E-state index in [0.717, 1.165) is 18.3 Å². The minimum Gasteiger partial charge on any atom is -0.362 e. The number of fused-ring (bicyclic) bond motifs is 5. The summed E-state index contributed by atoms with van der Waals surface area (Å²) in [6, 6.07) is 5.49. The van der Waals surface area contributed by atoms with Crippen LogP contribution in [0.1, 0.15) is 62.5 Å². The summed E-state index contributed by atoms with van der Waals surface area (Å²) in [7, 11) is -4.45. The van der Waals surface area contributed by atoms with Crippen molar-refractivity contribution < 1.29 is 17.2 Å². The molecule has 0 heterocycles. The first kappa shape index (κ1) is 15.5. The highest BCUT2D eigenvalue weighted by atomic mass is 32.3. The maximum Gasteiger partial charge on any atom is 0.446 e. The molecule has 0 saturated heterocycles. The molecule has 2 saturated carbocycles. The van der Waals surface area contributed by atoms with Crippen LogP contribution in [0.15, 0.2) is 18.2 Å². The zero-order valence-corrected chi connectivity index (χ0v) is 14.3. The Labute approximate surface area is 138 Å². The Morgan fingerprint density at radius 3 is 2.83 bits per heavy atom. The molecule has 1 N–H and O–H groups in total. The lowest BCUT2D eigenvalue weighted by Crippen LogP contribution is -2.39. The van der Waals surface area contributed by atoms with E-state index in [1.807, 2.05) is 6.07 Å². The van der Waals surface area contributed by atoms with Crippen molar-refractivity contribution in [3.63, 3.8) is 0 Å². The van der Waals surface area contributed by atoms with Crippen LogP contribution in [0.5, 0.6) is 5.75 Å². The van der Waals surface area contributed by atoms with E-state index in [4.69, 9.17) is 4.55 Å². The lowest BCUT2D eigenvalue weighted by Gasteiger charge is -2.49. The highest BCUT2D eigenvalue weighted by Crippen LogP contribution is 2.60. The molecule has 1 aromatic carbocycles. The molecule has 4 atom stereocenters. The van der Waals surface area contributed by atoms with Gasteiger partial charge in [0.25, 0.3) is 0 Å². The fourth-order valence-electron chi connectivity index (χ4n) is 5.73. The summed E-state index contributed by atoms with van der Waals surface area (Å²) in [6.07, 6.45) is 8.84. The molecule has 0 spiro atoms. The molecular weight excluding hydrogens is 312 g/mol. The quantitative estimate of drug-likeness (QED) is 0.825. The topological polar surface area (TPSA) is 63.6 Å². The molecule has 3 aliphatic carbocycles. The smallest absolute Gasteiger partial charge is 0.362 e. The van der Waals surface area contributed by atoms with Gasteiger partial charge in [0, 0.05) is 0 Å². The van der Waals surface area contributed by atoms with Gasteiger partial charge in [-0.15, -0.1) is 0 Å². The van der Waals surface area contributed by atoms with E-state index < -0.39 is 10.4 Å². The second kappa shape index (κ2) is 5.21. The highest BCUT2D eigenvalue weighted by molar-refractivity contribution is 7.81. The number of hydrogen-bond donors (Lipinski definition) is 1. The summed E-state index contributed by atoms with van der Waals surface area (Å²) < 4.78 is 35.2. The van der Waals surface area contributed by atoms with Crippen molar-refractivity contribution in [3.05, 3.63) is 29.3 Å². The van der Waals surface area contributed by atoms with Crippen LogP contribution in [0.25, 0.3) is 0 Å². The van der Waals surface area contributed by atoms with Crippen molar-refractivity contribution in [2.45, 2.75) is 57.8 Å². The first-order valence-electron chi connectivity index (χ1n) is 8.65. The standard InChI is InChI=1S/C18H24O4S/c1-18-9-2-3-17(18)16-6-4-12-11-13(22-23(19,20)21)5-7-14(12)15(16)8-10-18/h5,7,11,15-17H,2-4,6,8-10H2,1H3,(H,19,20,21). The fourth-order valence-corrected chi connectivity index (χ4v) is 6.07. The summed E-state index contributed by atoms with van der Waals surface area (Å²) in [6.45, 7) is 2.49. The van der Waals surface area contributed by atoms with Crippen molar-refractivity contribution in [1.82, 2.24) is 0 Å². The first-order valence-corrected chi connectivity index (χ1v) is 10.0. The van der Waals surface area contributed by atoms with Crippen molar-refractivity contribution in [2.24, 2.45) is 17.3 Å². The largest absolute Gasteiger partial charge is 0.446 e. The van der Waals surface area contributed by atoms with E-state index in [1.54, 1.807) is 12.1 Å². The van der Waals surface area contributed by atoms with Crippen molar-refractivity contribution in [1.29, 1.82) is 0 Å². The first-order chi connectivity index (χ1) is 10.9. The normalized spacial score (nSPS) is 36.0. The maximum absolute atomic E-state index is 10.9. The molecule has 3 aliphatic rings. The van der Waals surface area contributed by atoms with E-state index in [9.17, 15) is 8.42 Å². The maximum atomic E-state index is 10.9. The zero-order valence-electron chi connectivity index (χ0n) is 13.5. The van der Waals surface area contributed by atoms with Gasteiger partial charge in [0.2, 0.25) is 0 Å². The van der Waals surface area contributed by atoms with E-state index in [2.05, 4.69) is 11.1 Å². The van der Waals surface area contributed by atoms with Crippen LogP contribution in [0.2, 0.25) is 0 Å². The Balaban J connectivity index is 1.64. The fraction of sp³-hybridized carbons (Fsp3) is 0.667. The van der Waals surface area contributed by atoms with Crippen LogP contribution in [0.4, 0.5) is 0 Å². The molecule has 2 fully saturated rings. The molecule has 0 bridgehead atoms. The van der Waals surface area contributed by atoms with E-state index >= 15 is 0 Å². The Morgan fingerprint density at radius 1 is 1.22 bits per heavy atom. The predicted molar refractivity (Wildman–Crippen MR) is 87.9 cm³/mol. The van der Waals surface area contributed by atoms with Crippen LogP contribution in [-0.4, -0.2) is 13.0 Å². The van der Waals surface area contributed by atoms with E-state index in [1.165, 1.54) is 49.7 Å². The van der Waals surface area contributed by atoms with Gasteiger partial charge >= 0.3 is 10.4 Å². The van der Waals surface area contributed by atoms with Crippen molar-refractivity contribution in [3.8, 4) is 5.75 Å². The number of benzene rings is 1. The van der Waals surface area contributed by atoms with E-state index in [-0.39, 0.29) is 5.75 Å². The Morgan fingerprint density at radius 2 is 2.04 bits per heavy atom. The monoisotopic (exact) mass is 336 g/mol. The second-order valence-corrected chi connectivity index (χ2v) is 8.89. The third-order valence-electron chi connectivity index (χ3n) is 6.68. The summed E-state index contributed by atoms with van der Waals surface area (Å²) in [4.78, 5) is 0. The third-order valence-corrected chi connectivity index (χ3v) is 7.08. The van der Waals surface area contributed by atoms with Crippen LogP contribution < -0.4 is 4.18 Å². The van der Waals surface area contributed by atoms with Gasteiger partial charge in [0.1, 0.15) is 5.75 Å². The SMILES string of the molecule is CC12CCCC1C1CCc3cc(OS(=O)(=O)O)ccc3C1CC2. The van der Waals surface area contributed by atoms with Gasteiger partial charge in [-0.2, -0.15) is 8.42 Å². The van der Waals surface area contributed by atoms with Gasteiger partial charge in [0.15, 0.2) is 0 Å². The van der Waals surface area contributed by atoms with Crippen molar-refractivity contribution in [2.75, 3.05) is 0 Å². The van der Waals surface area contributed by atoms with Gasteiger partial charge in [-0.1, -0.05) is 19.4 Å². The van der Waals surface area contributed by atoms with Crippen LogP contribution >= 0.6 is 0 Å². The molecule has 1 aromatic rings. The van der Waals surface area contributed by atoms with Crippen LogP contribution in [0, 0.1) is 17.3 Å². The minimum atomic E-state index is -4.45. The minimum absolute atomic E-state index is 0.214. The Bertz CT molecular complexity index is 727. The Kier molecular flexibility index (Phi) is 3.50. The average Bonchev–Trinajstić information content (AvgIpc) is 2.86. The molecule has 23 heavy (non-hydrogen) atoms. The lowest BCUT2D eigenvalue weighted by atomic mass is 9.56. The van der Waals surface area contributed by atoms with Gasteiger partial charge in [-0.05, 0) is 85.0 Å². The Hall–Kier alpha value is -1.07. The summed E-state index contributed by atoms with van der Waals surface area (Å²) in [5, 5.41) is 0. The van der Waals surface area contributed by atoms with Crippen molar-refractivity contribution >= 4 is 10.4 Å². The highest BCUT2D eigenvalue weighted by Gasteiger charge is 2.50. The molecule has 0 aliphatic heterocycles. The zero-order chi connectivity index (χ0) is 16.2. The molecule has 4 nitrogen and oxygen atoms in total. The lowest BCUT2D eigenvalue weighted by molar-refractivity contribution is 0.0598. The average molecular weight is 336 g/mol. The van der Waals surface area contributed by atoms with Gasteiger partial charge < -0.3 is 4.18 Å².